The number of hydrogen-bond donors (Lipinski definition) is 1. The lowest BCUT2D eigenvalue weighted by atomic mass is 9.98. The van der Waals surface area contributed by atoms with E-state index in [-0.39, 0.29) is 5.91 Å². The summed E-state index contributed by atoms with van der Waals surface area (Å²) in [7, 11) is 0. The summed E-state index contributed by atoms with van der Waals surface area (Å²) in [5.41, 5.74) is 4.70. The van der Waals surface area contributed by atoms with Crippen LogP contribution < -0.4 is 0 Å². The quantitative estimate of drug-likeness (QED) is 0.774. The number of nitrogens with zero attached hydrogens (tertiary/aromatic N) is 2. The van der Waals surface area contributed by atoms with Crippen molar-refractivity contribution in [1.82, 2.24) is 9.88 Å². The molecule has 0 spiro atoms. The van der Waals surface area contributed by atoms with E-state index in [0.717, 1.165) is 11.9 Å². The van der Waals surface area contributed by atoms with Crippen molar-refractivity contribution < 1.29 is 4.79 Å². The van der Waals surface area contributed by atoms with Gasteiger partial charge in [-0.15, -0.1) is 0 Å². The zero-order valence-electron chi connectivity index (χ0n) is 13.7. The molecule has 1 amide bonds. The minimum Gasteiger partial charge on any atom is -0.361 e. The number of aromatic amines is 1. The maximum Gasteiger partial charge on any atom is 0.254 e. The van der Waals surface area contributed by atoms with Gasteiger partial charge in [0.05, 0.1) is 11.6 Å². The molecule has 2 heterocycles. The lowest BCUT2D eigenvalue weighted by Gasteiger charge is -2.26. The Labute approximate surface area is 146 Å². The topological polar surface area (TPSA) is 59.9 Å². The van der Waals surface area contributed by atoms with Gasteiger partial charge in [-0.25, -0.2) is 0 Å². The zero-order chi connectivity index (χ0) is 17.2. The molecule has 0 saturated heterocycles. The first-order chi connectivity index (χ1) is 12.3. The highest BCUT2D eigenvalue weighted by atomic mass is 16.2. The molecule has 1 aliphatic heterocycles. The number of aromatic nitrogens is 1. The molecule has 3 aromatic rings. The minimum absolute atomic E-state index is 0.0219. The van der Waals surface area contributed by atoms with Crippen molar-refractivity contribution in [1.29, 1.82) is 5.26 Å². The van der Waals surface area contributed by atoms with Crippen LogP contribution in [0.2, 0.25) is 0 Å². The maximum atomic E-state index is 12.7. The first-order valence-electron chi connectivity index (χ1n) is 8.31. The molecule has 2 aromatic carbocycles. The van der Waals surface area contributed by atoms with Crippen LogP contribution in [-0.4, -0.2) is 28.9 Å². The van der Waals surface area contributed by atoms with E-state index in [9.17, 15) is 4.79 Å². The average Bonchev–Trinajstić information content (AvgIpc) is 3.12. The standard InChI is InChI=1S/C21H17N3O/c22-13-15-4-3-5-17(12-15)21(25)24-10-8-16(9-11-24)19-14-23-20-7-2-1-6-18(19)20/h1-8,12,14,23H,9-11H2. The smallest absolute Gasteiger partial charge is 0.254 e. The van der Waals surface area contributed by atoms with Crippen molar-refractivity contribution in [2.75, 3.05) is 13.1 Å². The number of benzene rings is 2. The van der Waals surface area contributed by atoms with Crippen molar-refractivity contribution in [3.8, 4) is 6.07 Å². The van der Waals surface area contributed by atoms with Gasteiger partial charge in [0.25, 0.3) is 5.91 Å². The Balaban J connectivity index is 1.56. The van der Waals surface area contributed by atoms with Gasteiger partial charge < -0.3 is 9.88 Å². The number of nitrogens with one attached hydrogen (secondary N) is 1. The number of rotatable bonds is 2. The fourth-order valence-electron chi connectivity index (χ4n) is 3.34. The van der Waals surface area contributed by atoms with Crippen molar-refractivity contribution in [3.63, 3.8) is 0 Å². The predicted molar refractivity (Wildman–Crippen MR) is 98.0 cm³/mol. The van der Waals surface area contributed by atoms with Gasteiger partial charge in [-0.2, -0.15) is 5.26 Å². The number of H-pyrrole nitrogens is 1. The zero-order valence-corrected chi connectivity index (χ0v) is 13.7. The van der Waals surface area contributed by atoms with Gasteiger partial charge in [0.1, 0.15) is 0 Å². The van der Waals surface area contributed by atoms with Crippen LogP contribution in [0.25, 0.3) is 16.5 Å². The Bertz CT molecular complexity index is 1020. The molecule has 0 bridgehead atoms. The summed E-state index contributed by atoms with van der Waals surface area (Å²) >= 11 is 0. The lowest BCUT2D eigenvalue weighted by Crippen LogP contribution is -2.34. The van der Waals surface area contributed by atoms with Crippen LogP contribution in [0.15, 0.2) is 60.8 Å². The molecule has 1 N–H and O–H groups in total. The molecule has 0 saturated carbocycles. The third kappa shape index (κ3) is 2.81. The second-order valence-electron chi connectivity index (χ2n) is 6.17. The highest BCUT2D eigenvalue weighted by Crippen LogP contribution is 2.29. The minimum atomic E-state index is -0.0219. The van der Waals surface area contributed by atoms with E-state index in [1.807, 2.05) is 23.2 Å². The van der Waals surface area contributed by atoms with Crippen molar-refractivity contribution in [3.05, 3.63) is 77.5 Å². The summed E-state index contributed by atoms with van der Waals surface area (Å²) < 4.78 is 0. The van der Waals surface area contributed by atoms with E-state index in [4.69, 9.17) is 5.26 Å². The van der Waals surface area contributed by atoms with E-state index in [2.05, 4.69) is 29.3 Å². The Hall–Kier alpha value is -3.32. The van der Waals surface area contributed by atoms with Gasteiger partial charge in [-0.1, -0.05) is 30.3 Å². The molecule has 0 fully saturated rings. The second kappa shape index (κ2) is 6.29. The molecule has 1 aromatic heterocycles. The molecule has 0 radical (unpaired) electrons. The van der Waals surface area contributed by atoms with Gasteiger partial charge in [0.2, 0.25) is 0 Å². The average molecular weight is 327 g/mol. The van der Waals surface area contributed by atoms with Gasteiger partial charge >= 0.3 is 0 Å². The van der Waals surface area contributed by atoms with E-state index in [1.165, 1.54) is 16.5 Å². The summed E-state index contributed by atoms with van der Waals surface area (Å²) in [5, 5.41) is 10.2. The van der Waals surface area contributed by atoms with Gasteiger partial charge in [0, 0.05) is 41.3 Å². The van der Waals surface area contributed by atoms with Gasteiger partial charge in [-0.05, 0) is 36.3 Å². The SMILES string of the molecule is N#Cc1cccc(C(=O)N2CC=C(c3c[nH]c4ccccc34)CC2)c1. The van der Waals surface area contributed by atoms with Crippen LogP contribution in [0.3, 0.4) is 0 Å². The third-order valence-electron chi connectivity index (χ3n) is 4.67. The van der Waals surface area contributed by atoms with Gasteiger partial charge in [-0.3, -0.25) is 4.79 Å². The molecule has 4 heteroatoms. The first kappa shape index (κ1) is 15.2. The number of fused-ring (bicyclic) bond motifs is 1. The highest BCUT2D eigenvalue weighted by molar-refractivity contribution is 5.96. The molecule has 1 aliphatic rings. The number of amides is 1. The summed E-state index contributed by atoms with van der Waals surface area (Å²) in [5.74, 6) is -0.0219. The molecule has 25 heavy (non-hydrogen) atoms. The molecular formula is C21H17N3O. The van der Waals surface area contributed by atoms with Crippen LogP contribution in [0.1, 0.15) is 27.9 Å². The van der Waals surface area contributed by atoms with E-state index in [0.29, 0.717) is 24.2 Å². The predicted octanol–water partition coefficient (Wildman–Crippen LogP) is 3.97. The Morgan fingerprint density at radius 2 is 2.04 bits per heavy atom. The Morgan fingerprint density at radius 3 is 2.84 bits per heavy atom. The maximum absolute atomic E-state index is 12.7. The monoisotopic (exact) mass is 327 g/mol. The van der Waals surface area contributed by atoms with Crippen LogP contribution in [-0.2, 0) is 0 Å². The van der Waals surface area contributed by atoms with E-state index < -0.39 is 0 Å². The fourth-order valence-corrected chi connectivity index (χ4v) is 3.34. The number of para-hydroxylation sites is 1. The summed E-state index contributed by atoms with van der Waals surface area (Å²) in [4.78, 5) is 17.8. The molecule has 0 unspecified atom stereocenters. The number of hydrogen-bond acceptors (Lipinski definition) is 2. The number of nitriles is 1. The second-order valence-corrected chi connectivity index (χ2v) is 6.17. The molecular weight excluding hydrogens is 310 g/mol. The fraction of sp³-hybridized carbons (Fsp3) is 0.143. The van der Waals surface area contributed by atoms with Crippen LogP contribution in [0.5, 0.6) is 0 Å². The molecule has 0 aliphatic carbocycles. The Morgan fingerprint density at radius 1 is 1.16 bits per heavy atom. The van der Waals surface area contributed by atoms with Crippen molar-refractivity contribution in [2.45, 2.75) is 6.42 Å². The summed E-state index contributed by atoms with van der Waals surface area (Å²) in [6, 6.07) is 17.2. The highest BCUT2D eigenvalue weighted by Gasteiger charge is 2.20. The van der Waals surface area contributed by atoms with Crippen molar-refractivity contribution in [2.24, 2.45) is 0 Å². The Kier molecular flexibility index (Phi) is 3.83. The molecule has 0 atom stereocenters. The first-order valence-corrected chi connectivity index (χ1v) is 8.31. The molecule has 122 valence electrons. The molecule has 4 rings (SSSR count). The lowest BCUT2D eigenvalue weighted by molar-refractivity contribution is 0.0773. The largest absolute Gasteiger partial charge is 0.361 e. The third-order valence-corrected chi connectivity index (χ3v) is 4.67. The van der Waals surface area contributed by atoms with Crippen LogP contribution in [0.4, 0.5) is 0 Å². The van der Waals surface area contributed by atoms with E-state index >= 15 is 0 Å². The number of carbonyl (C=O) groups is 1. The summed E-state index contributed by atoms with van der Waals surface area (Å²) in [6.45, 7) is 1.27. The van der Waals surface area contributed by atoms with Crippen molar-refractivity contribution >= 4 is 22.4 Å². The molecule has 4 nitrogen and oxygen atoms in total. The van der Waals surface area contributed by atoms with Crippen LogP contribution in [0, 0.1) is 11.3 Å². The van der Waals surface area contributed by atoms with Gasteiger partial charge in [0.15, 0.2) is 0 Å². The number of carbonyl (C=O) groups excluding carboxylic acids is 1. The van der Waals surface area contributed by atoms with Crippen LogP contribution >= 0.6 is 0 Å². The van der Waals surface area contributed by atoms with E-state index in [1.54, 1.807) is 24.3 Å². The normalized spacial score (nSPS) is 14.2. The summed E-state index contributed by atoms with van der Waals surface area (Å²) in [6.07, 6.45) is 5.00.